The molecular formula is C13H13N3O3S. The van der Waals surface area contributed by atoms with E-state index >= 15 is 0 Å². The second-order valence-electron chi connectivity index (χ2n) is 4.74. The number of nitrogens with two attached hydrogens (primary N) is 1. The van der Waals surface area contributed by atoms with Gasteiger partial charge in [0, 0.05) is 17.2 Å². The average Bonchev–Trinajstić information content (AvgIpc) is 2.82. The molecule has 0 saturated heterocycles. The Morgan fingerprint density at radius 1 is 1.55 bits per heavy atom. The first-order valence-electron chi connectivity index (χ1n) is 6.20. The molecule has 3 N–H and O–H groups in total. The summed E-state index contributed by atoms with van der Waals surface area (Å²) in [5, 5.41) is 4.98. The number of rotatable bonds is 5. The van der Waals surface area contributed by atoms with Gasteiger partial charge in [-0.2, -0.15) is 0 Å². The summed E-state index contributed by atoms with van der Waals surface area (Å²) in [6.45, 7) is 0. The second kappa shape index (κ2) is 5.09. The van der Waals surface area contributed by atoms with Gasteiger partial charge < -0.3 is 15.5 Å². The molecule has 1 fully saturated rings. The molecule has 2 aromatic rings. The van der Waals surface area contributed by atoms with Gasteiger partial charge in [-0.15, -0.1) is 11.3 Å². The van der Waals surface area contributed by atoms with Crippen LogP contribution in [0.25, 0.3) is 0 Å². The van der Waals surface area contributed by atoms with Crippen LogP contribution in [0.15, 0.2) is 28.2 Å². The fraction of sp³-hybridized carbons (Fsp3) is 0.308. The molecular weight excluding hydrogens is 278 g/mol. The van der Waals surface area contributed by atoms with Crippen LogP contribution in [-0.2, 0) is 16.0 Å². The molecule has 1 saturated carbocycles. The van der Waals surface area contributed by atoms with E-state index in [0.717, 1.165) is 12.2 Å². The molecule has 3 rings (SSSR count). The van der Waals surface area contributed by atoms with E-state index < -0.39 is 5.91 Å². The molecule has 2 aromatic heterocycles. The summed E-state index contributed by atoms with van der Waals surface area (Å²) in [6, 6.07) is 3.70. The number of thiazole rings is 1. The Bertz CT molecular complexity index is 635. The van der Waals surface area contributed by atoms with Crippen molar-refractivity contribution in [2.45, 2.75) is 18.8 Å². The molecule has 2 atom stereocenters. The van der Waals surface area contributed by atoms with Gasteiger partial charge in [0.25, 0.3) is 0 Å². The van der Waals surface area contributed by atoms with E-state index in [2.05, 4.69) is 10.3 Å². The molecule has 0 spiro atoms. The lowest BCUT2D eigenvalue weighted by Gasteiger charge is -1.99. The van der Waals surface area contributed by atoms with E-state index in [-0.39, 0.29) is 24.2 Å². The number of aromatic nitrogens is 1. The average molecular weight is 291 g/mol. The first-order chi connectivity index (χ1) is 9.63. The summed E-state index contributed by atoms with van der Waals surface area (Å²) < 4.78 is 5.29. The first kappa shape index (κ1) is 12.9. The molecule has 0 radical (unpaired) electrons. The Morgan fingerprint density at radius 3 is 3.10 bits per heavy atom. The molecule has 0 unspecified atom stereocenters. The number of hydrogen-bond donors (Lipinski definition) is 2. The van der Waals surface area contributed by atoms with Gasteiger partial charge in [0.15, 0.2) is 5.13 Å². The zero-order valence-corrected chi connectivity index (χ0v) is 11.4. The summed E-state index contributed by atoms with van der Waals surface area (Å²) in [5.41, 5.74) is 5.67. The Morgan fingerprint density at radius 2 is 2.40 bits per heavy atom. The summed E-state index contributed by atoms with van der Waals surface area (Å²) in [4.78, 5) is 27.0. The number of hydrogen-bond acceptors (Lipinski definition) is 5. The summed E-state index contributed by atoms with van der Waals surface area (Å²) in [6.07, 6.45) is 2.49. The molecule has 20 heavy (non-hydrogen) atoms. The molecule has 0 aromatic carbocycles. The van der Waals surface area contributed by atoms with Crippen LogP contribution >= 0.6 is 11.3 Å². The molecule has 0 aliphatic heterocycles. The van der Waals surface area contributed by atoms with Crippen molar-refractivity contribution in [3.05, 3.63) is 35.2 Å². The lowest BCUT2D eigenvalue weighted by molar-refractivity contribution is -0.118. The zero-order valence-electron chi connectivity index (χ0n) is 10.5. The minimum atomic E-state index is -0.437. The van der Waals surface area contributed by atoms with Gasteiger partial charge in [0.1, 0.15) is 5.76 Å². The van der Waals surface area contributed by atoms with Crippen LogP contribution in [0, 0.1) is 5.92 Å². The maximum Gasteiger partial charge on any atom is 0.230 e. The van der Waals surface area contributed by atoms with E-state index in [4.69, 9.17) is 10.2 Å². The monoisotopic (exact) mass is 291 g/mol. The molecule has 2 heterocycles. The number of primary amides is 1. The topological polar surface area (TPSA) is 98.2 Å². The molecule has 2 amide bonds. The van der Waals surface area contributed by atoms with Crippen LogP contribution in [0.2, 0.25) is 0 Å². The highest BCUT2D eigenvalue weighted by molar-refractivity contribution is 7.13. The molecule has 1 aliphatic carbocycles. The van der Waals surface area contributed by atoms with Crippen molar-refractivity contribution in [1.82, 2.24) is 4.98 Å². The summed E-state index contributed by atoms with van der Waals surface area (Å²) in [7, 11) is 0. The standard InChI is InChI=1S/C13H13N3O3S/c14-11(17)4-7-6-20-13(15-7)16-12(18)9-5-8(9)10-2-1-3-19-10/h1-3,6,8-9H,4-5H2,(H2,14,17)(H,15,16,18)/t8-,9-/m0/s1. The Balaban J connectivity index is 1.57. The van der Waals surface area contributed by atoms with E-state index in [9.17, 15) is 9.59 Å². The molecule has 7 heteroatoms. The lowest BCUT2D eigenvalue weighted by atomic mass is 10.2. The molecule has 104 valence electrons. The van der Waals surface area contributed by atoms with Crippen molar-refractivity contribution in [3.8, 4) is 0 Å². The van der Waals surface area contributed by atoms with Gasteiger partial charge in [0.2, 0.25) is 11.8 Å². The molecule has 1 aliphatic rings. The van der Waals surface area contributed by atoms with Gasteiger partial charge in [-0.25, -0.2) is 4.98 Å². The third kappa shape index (κ3) is 2.72. The summed E-state index contributed by atoms with van der Waals surface area (Å²) >= 11 is 1.29. The highest BCUT2D eigenvalue weighted by Gasteiger charge is 2.46. The quantitative estimate of drug-likeness (QED) is 0.872. The van der Waals surface area contributed by atoms with Crippen LogP contribution in [0.5, 0.6) is 0 Å². The number of anilines is 1. The van der Waals surface area contributed by atoms with Crippen LogP contribution in [0.3, 0.4) is 0 Å². The van der Waals surface area contributed by atoms with Crippen molar-refractivity contribution in [2.24, 2.45) is 11.7 Å². The van der Waals surface area contributed by atoms with Crippen LogP contribution < -0.4 is 11.1 Å². The van der Waals surface area contributed by atoms with E-state index in [0.29, 0.717) is 10.8 Å². The van der Waals surface area contributed by atoms with Crippen LogP contribution in [0.4, 0.5) is 5.13 Å². The van der Waals surface area contributed by atoms with Gasteiger partial charge >= 0.3 is 0 Å². The van der Waals surface area contributed by atoms with Gasteiger partial charge in [-0.05, 0) is 18.6 Å². The molecule has 6 nitrogen and oxygen atoms in total. The predicted octanol–water partition coefficient (Wildman–Crippen LogP) is 1.51. The number of furan rings is 1. The lowest BCUT2D eigenvalue weighted by Crippen LogP contribution is -2.15. The Labute approximate surface area is 119 Å². The van der Waals surface area contributed by atoms with E-state index in [1.54, 1.807) is 11.6 Å². The SMILES string of the molecule is NC(=O)Cc1csc(NC(=O)[C@H]2C[C@@H]2c2ccco2)n1. The van der Waals surface area contributed by atoms with Gasteiger partial charge in [-0.1, -0.05) is 0 Å². The number of nitrogens with zero attached hydrogens (tertiary/aromatic N) is 1. The van der Waals surface area contributed by atoms with Crippen molar-refractivity contribution >= 4 is 28.3 Å². The van der Waals surface area contributed by atoms with Crippen molar-refractivity contribution in [3.63, 3.8) is 0 Å². The fourth-order valence-corrected chi connectivity index (χ4v) is 2.84. The maximum absolute atomic E-state index is 12.0. The van der Waals surface area contributed by atoms with Crippen molar-refractivity contribution in [2.75, 3.05) is 5.32 Å². The Kier molecular flexibility index (Phi) is 3.27. The van der Waals surface area contributed by atoms with Crippen LogP contribution in [-0.4, -0.2) is 16.8 Å². The van der Waals surface area contributed by atoms with Crippen LogP contribution in [0.1, 0.15) is 23.8 Å². The number of carbonyl (C=O) groups is 2. The highest BCUT2D eigenvalue weighted by Crippen LogP contribution is 2.48. The second-order valence-corrected chi connectivity index (χ2v) is 5.60. The zero-order chi connectivity index (χ0) is 14.1. The summed E-state index contributed by atoms with van der Waals surface area (Å²) in [5.74, 6) is 0.443. The minimum Gasteiger partial charge on any atom is -0.469 e. The third-order valence-electron chi connectivity index (χ3n) is 3.17. The van der Waals surface area contributed by atoms with E-state index in [1.165, 1.54) is 11.3 Å². The van der Waals surface area contributed by atoms with Crippen molar-refractivity contribution in [1.29, 1.82) is 0 Å². The number of nitrogens with one attached hydrogen (secondary N) is 1. The Hall–Kier alpha value is -2.15. The largest absolute Gasteiger partial charge is 0.469 e. The predicted molar refractivity (Wildman–Crippen MR) is 73.2 cm³/mol. The number of amides is 2. The highest BCUT2D eigenvalue weighted by atomic mass is 32.1. The first-order valence-corrected chi connectivity index (χ1v) is 7.08. The number of carbonyl (C=O) groups excluding carboxylic acids is 2. The van der Waals surface area contributed by atoms with Gasteiger partial charge in [0.05, 0.1) is 18.4 Å². The third-order valence-corrected chi connectivity index (χ3v) is 3.98. The minimum absolute atomic E-state index is 0.0635. The normalized spacial score (nSPS) is 20.6. The van der Waals surface area contributed by atoms with Gasteiger partial charge in [-0.3, -0.25) is 9.59 Å². The smallest absolute Gasteiger partial charge is 0.230 e. The van der Waals surface area contributed by atoms with E-state index in [1.807, 2.05) is 12.1 Å². The molecule has 0 bridgehead atoms. The fourth-order valence-electron chi connectivity index (χ4n) is 2.12. The maximum atomic E-state index is 12.0. The van der Waals surface area contributed by atoms with Crippen molar-refractivity contribution < 1.29 is 14.0 Å².